The summed E-state index contributed by atoms with van der Waals surface area (Å²) in [5, 5.41) is 0. The van der Waals surface area contributed by atoms with Crippen LogP contribution in [0.5, 0.6) is 0 Å². The minimum atomic E-state index is -0.421. The Bertz CT molecular complexity index is 716. The summed E-state index contributed by atoms with van der Waals surface area (Å²) in [6, 6.07) is 6.24. The number of ether oxygens (including phenoxy) is 2. The number of cyclic esters (lactones) is 1. The number of para-hydroxylation sites is 1. The molecule has 0 bridgehead atoms. The summed E-state index contributed by atoms with van der Waals surface area (Å²) in [6.07, 6.45) is 3.32. The molecule has 1 aromatic rings. The third-order valence-corrected chi connectivity index (χ3v) is 7.00. The normalized spacial score (nSPS) is 35.8. The van der Waals surface area contributed by atoms with Gasteiger partial charge in [0.25, 0.3) is 0 Å². The van der Waals surface area contributed by atoms with Gasteiger partial charge < -0.3 is 14.4 Å². The highest BCUT2D eigenvalue weighted by Crippen LogP contribution is 2.47. The second-order valence-corrected chi connectivity index (χ2v) is 9.34. The summed E-state index contributed by atoms with van der Waals surface area (Å²) in [6.45, 7) is 9.79. The van der Waals surface area contributed by atoms with Crippen molar-refractivity contribution in [2.24, 2.45) is 23.7 Å². The van der Waals surface area contributed by atoms with Gasteiger partial charge in [-0.25, -0.2) is 0 Å². The van der Waals surface area contributed by atoms with Crippen LogP contribution in [-0.2, 0) is 14.3 Å². The Balaban J connectivity index is 1.59. The molecular formula is C23H33NO3. The Labute approximate surface area is 163 Å². The van der Waals surface area contributed by atoms with Gasteiger partial charge in [0.2, 0.25) is 6.29 Å². The SMILES string of the molecule is Cc1cccc2c1N(C)C[C@H]1[C@H](O[C@@H]3C[C@H](C)CC[C@H]3C(C)C)OC(=O)[C@@H]21. The highest BCUT2D eigenvalue weighted by molar-refractivity contribution is 5.85. The molecule has 0 unspecified atom stereocenters. The molecule has 2 heterocycles. The molecule has 0 aromatic heterocycles. The summed E-state index contributed by atoms with van der Waals surface area (Å²) in [5.41, 5.74) is 3.50. The third kappa shape index (κ3) is 3.26. The molecule has 27 heavy (non-hydrogen) atoms. The summed E-state index contributed by atoms with van der Waals surface area (Å²) >= 11 is 0. The van der Waals surface area contributed by atoms with E-state index in [1.165, 1.54) is 24.1 Å². The van der Waals surface area contributed by atoms with E-state index in [4.69, 9.17) is 9.47 Å². The van der Waals surface area contributed by atoms with E-state index in [0.717, 1.165) is 18.5 Å². The average Bonchev–Trinajstić information content (AvgIpc) is 2.90. The summed E-state index contributed by atoms with van der Waals surface area (Å²) in [7, 11) is 2.11. The summed E-state index contributed by atoms with van der Waals surface area (Å²) in [5.74, 6) is 1.58. The predicted octanol–water partition coefficient (Wildman–Crippen LogP) is 4.50. The van der Waals surface area contributed by atoms with Gasteiger partial charge in [-0.2, -0.15) is 0 Å². The van der Waals surface area contributed by atoms with Gasteiger partial charge in [-0.1, -0.05) is 45.4 Å². The zero-order chi connectivity index (χ0) is 19.3. The average molecular weight is 372 g/mol. The predicted molar refractivity (Wildman–Crippen MR) is 107 cm³/mol. The Morgan fingerprint density at radius 1 is 1.26 bits per heavy atom. The molecule has 148 valence electrons. The van der Waals surface area contributed by atoms with Gasteiger partial charge >= 0.3 is 5.97 Å². The fraction of sp³-hybridized carbons (Fsp3) is 0.696. The number of rotatable bonds is 3. The van der Waals surface area contributed by atoms with Crippen molar-refractivity contribution in [2.45, 2.75) is 65.3 Å². The number of anilines is 1. The zero-order valence-electron chi connectivity index (χ0n) is 17.3. The van der Waals surface area contributed by atoms with Crippen molar-refractivity contribution in [3.8, 4) is 0 Å². The molecule has 0 amide bonds. The Hall–Kier alpha value is -1.55. The van der Waals surface area contributed by atoms with Crippen LogP contribution in [0.25, 0.3) is 0 Å². The molecule has 0 radical (unpaired) electrons. The van der Waals surface area contributed by atoms with Crippen LogP contribution in [0.3, 0.4) is 0 Å². The number of benzene rings is 1. The van der Waals surface area contributed by atoms with Crippen LogP contribution in [0.15, 0.2) is 18.2 Å². The minimum absolute atomic E-state index is 0.0712. The monoisotopic (exact) mass is 371 g/mol. The Morgan fingerprint density at radius 3 is 2.78 bits per heavy atom. The molecule has 2 aliphatic heterocycles. The van der Waals surface area contributed by atoms with Crippen LogP contribution >= 0.6 is 0 Å². The molecular weight excluding hydrogens is 338 g/mol. The van der Waals surface area contributed by atoms with E-state index in [0.29, 0.717) is 17.8 Å². The van der Waals surface area contributed by atoms with Crippen LogP contribution in [0.4, 0.5) is 5.69 Å². The van der Waals surface area contributed by atoms with Crippen molar-refractivity contribution in [3.63, 3.8) is 0 Å². The lowest BCUT2D eigenvalue weighted by Gasteiger charge is -2.40. The van der Waals surface area contributed by atoms with E-state index in [2.05, 4.69) is 51.8 Å². The molecule has 2 fully saturated rings. The van der Waals surface area contributed by atoms with Gasteiger partial charge in [-0.3, -0.25) is 4.79 Å². The number of carbonyl (C=O) groups excluding carboxylic acids is 1. The lowest BCUT2D eigenvalue weighted by atomic mass is 9.75. The number of esters is 1. The highest BCUT2D eigenvalue weighted by Gasteiger charge is 2.51. The van der Waals surface area contributed by atoms with E-state index in [1.54, 1.807) is 0 Å². The zero-order valence-corrected chi connectivity index (χ0v) is 17.3. The first-order valence-electron chi connectivity index (χ1n) is 10.5. The van der Waals surface area contributed by atoms with E-state index >= 15 is 0 Å². The fourth-order valence-electron chi connectivity index (χ4n) is 5.59. The lowest BCUT2D eigenvalue weighted by molar-refractivity contribution is -0.195. The van der Waals surface area contributed by atoms with Gasteiger partial charge in [-0.15, -0.1) is 0 Å². The molecule has 1 saturated carbocycles. The van der Waals surface area contributed by atoms with Crippen molar-refractivity contribution in [1.82, 2.24) is 0 Å². The van der Waals surface area contributed by atoms with Crippen LogP contribution in [0.1, 0.15) is 57.1 Å². The largest absolute Gasteiger partial charge is 0.435 e. The van der Waals surface area contributed by atoms with Gasteiger partial charge in [-0.05, 0) is 48.6 Å². The van der Waals surface area contributed by atoms with Crippen LogP contribution in [0, 0.1) is 30.6 Å². The van der Waals surface area contributed by atoms with Crippen molar-refractivity contribution < 1.29 is 14.3 Å². The first-order chi connectivity index (χ1) is 12.9. The smallest absolute Gasteiger partial charge is 0.316 e. The van der Waals surface area contributed by atoms with Gasteiger partial charge in [0.15, 0.2) is 0 Å². The molecule has 1 saturated heterocycles. The molecule has 3 aliphatic rings. The lowest BCUT2D eigenvalue weighted by Crippen LogP contribution is -2.43. The van der Waals surface area contributed by atoms with Crippen LogP contribution < -0.4 is 4.90 Å². The number of fused-ring (bicyclic) bond motifs is 3. The molecule has 1 aromatic carbocycles. The molecule has 0 spiro atoms. The van der Waals surface area contributed by atoms with Crippen LogP contribution in [-0.4, -0.2) is 32.0 Å². The van der Waals surface area contributed by atoms with Gasteiger partial charge in [0.1, 0.15) is 0 Å². The molecule has 6 atom stereocenters. The van der Waals surface area contributed by atoms with E-state index in [-0.39, 0.29) is 23.9 Å². The first kappa shape index (κ1) is 18.8. The van der Waals surface area contributed by atoms with Crippen molar-refractivity contribution in [3.05, 3.63) is 29.3 Å². The maximum Gasteiger partial charge on any atom is 0.316 e. The molecule has 4 heteroatoms. The van der Waals surface area contributed by atoms with E-state index in [1.807, 2.05) is 6.07 Å². The molecule has 4 nitrogen and oxygen atoms in total. The van der Waals surface area contributed by atoms with Gasteiger partial charge in [0.05, 0.1) is 17.9 Å². The molecule has 4 rings (SSSR count). The standard InChI is InChI=1S/C23H33NO3/c1-13(2)16-10-9-14(3)11-19(16)26-23-18-12-24(5)21-15(4)7-6-8-17(21)20(18)22(25)27-23/h6-8,13-14,16,18-20,23H,9-12H2,1-5H3/t14-,16+,18-,19-,20+,23-/m1/s1. The van der Waals surface area contributed by atoms with E-state index in [9.17, 15) is 4.79 Å². The van der Waals surface area contributed by atoms with Crippen molar-refractivity contribution in [1.29, 1.82) is 0 Å². The minimum Gasteiger partial charge on any atom is -0.435 e. The quantitative estimate of drug-likeness (QED) is 0.733. The third-order valence-electron chi connectivity index (χ3n) is 7.00. The number of aryl methyl sites for hydroxylation is 1. The number of nitrogens with zero attached hydrogens (tertiary/aromatic N) is 1. The van der Waals surface area contributed by atoms with Crippen molar-refractivity contribution >= 4 is 11.7 Å². The molecule has 0 N–H and O–H groups in total. The van der Waals surface area contributed by atoms with Crippen molar-refractivity contribution in [2.75, 3.05) is 18.5 Å². The van der Waals surface area contributed by atoms with Gasteiger partial charge in [0, 0.05) is 19.3 Å². The number of carbonyl (C=O) groups is 1. The molecule has 1 aliphatic carbocycles. The second kappa shape index (κ2) is 7.12. The first-order valence-corrected chi connectivity index (χ1v) is 10.5. The summed E-state index contributed by atoms with van der Waals surface area (Å²) in [4.78, 5) is 15.1. The highest BCUT2D eigenvalue weighted by atomic mass is 16.7. The Kier molecular flexibility index (Phi) is 4.96. The number of hydrogen-bond acceptors (Lipinski definition) is 4. The summed E-state index contributed by atoms with van der Waals surface area (Å²) < 4.78 is 12.4. The van der Waals surface area contributed by atoms with Crippen LogP contribution in [0.2, 0.25) is 0 Å². The number of hydrogen-bond donors (Lipinski definition) is 0. The van der Waals surface area contributed by atoms with E-state index < -0.39 is 6.29 Å². The topological polar surface area (TPSA) is 38.8 Å². The second-order valence-electron chi connectivity index (χ2n) is 9.34. The maximum atomic E-state index is 12.8. The Morgan fingerprint density at radius 2 is 2.04 bits per heavy atom. The maximum absolute atomic E-state index is 12.8. The fourth-order valence-corrected chi connectivity index (χ4v) is 5.59.